The van der Waals surface area contributed by atoms with Crippen LogP contribution in [0.2, 0.25) is 0 Å². The highest BCUT2D eigenvalue weighted by Gasteiger charge is 2.07. The van der Waals surface area contributed by atoms with Crippen LogP contribution < -0.4 is 0 Å². The SMILES string of the molecule is CCc1cccc(-c2ccc(C#N)c(Cn3cncn3)c2)c1. The molecule has 0 aliphatic rings. The summed E-state index contributed by atoms with van der Waals surface area (Å²) in [6.45, 7) is 2.69. The zero-order valence-electron chi connectivity index (χ0n) is 12.4. The van der Waals surface area contributed by atoms with Crippen molar-refractivity contribution in [3.8, 4) is 17.2 Å². The van der Waals surface area contributed by atoms with E-state index in [-0.39, 0.29) is 0 Å². The summed E-state index contributed by atoms with van der Waals surface area (Å²) in [4.78, 5) is 3.95. The number of aromatic nitrogens is 3. The highest BCUT2D eigenvalue weighted by Crippen LogP contribution is 2.24. The molecule has 1 aromatic heterocycles. The fourth-order valence-corrected chi connectivity index (χ4v) is 2.47. The Morgan fingerprint density at radius 1 is 1.14 bits per heavy atom. The predicted octanol–water partition coefficient (Wildman–Crippen LogP) is 3.43. The lowest BCUT2D eigenvalue weighted by Crippen LogP contribution is -2.02. The minimum Gasteiger partial charge on any atom is -0.249 e. The van der Waals surface area contributed by atoms with Crippen LogP contribution in [0.3, 0.4) is 0 Å². The van der Waals surface area contributed by atoms with E-state index < -0.39 is 0 Å². The van der Waals surface area contributed by atoms with E-state index in [0.29, 0.717) is 12.1 Å². The first-order valence-electron chi connectivity index (χ1n) is 7.25. The molecule has 2 aromatic carbocycles. The number of benzene rings is 2. The van der Waals surface area contributed by atoms with Crippen molar-refractivity contribution in [2.24, 2.45) is 0 Å². The molecular weight excluding hydrogens is 272 g/mol. The van der Waals surface area contributed by atoms with Crippen LogP contribution in [-0.4, -0.2) is 14.8 Å². The average Bonchev–Trinajstić information content (AvgIpc) is 3.08. The molecule has 0 saturated carbocycles. The van der Waals surface area contributed by atoms with Crippen LogP contribution >= 0.6 is 0 Å². The summed E-state index contributed by atoms with van der Waals surface area (Å²) >= 11 is 0. The van der Waals surface area contributed by atoms with E-state index >= 15 is 0 Å². The van der Waals surface area contributed by atoms with Gasteiger partial charge in [-0.15, -0.1) is 0 Å². The third-order valence-electron chi connectivity index (χ3n) is 3.69. The molecule has 0 amide bonds. The minimum atomic E-state index is 0.546. The lowest BCUT2D eigenvalue weighted by atomic mass is 9.98. The minimum absolute atomic E-state index is 0.546. The van der Waals surface area contributed by atoms with Gasteiger partial charge in [0.2, 0.25) is 0 Å². The molecule has 0 aliphatic carbocycles. The van der Waals surface area contributed by atoms with Gasteiger partial charge in [0.15, 0.2) is 0 Å². The number of rotatable bonds is 4. The Kier molecular flexibility index (Phi) is 3.97. The van der Waals surface area contributed by atoms with Crippen molar-refractivity contribution in [1.82, 2.24) is 14.8 Å². The van der Waals surface area contributed by atoms with E-state index in [9.17, 15) is 5.26 Å². The maximum Gasteiger partial charge on any atom is 0.137 e. The summed E-state index contributed by atoms with van der Waals surface area (Å²) in [6.07, 6.45) is 4.17. The summed E-state index contributed by atoms with van der Waals surface area (Å²) in [5.41, 5.74) is 5.21. The van der Waals surface area contributed by atoms with Crippen LogP contribution in [0.25, 0.3) is 11.1 Å². The van der Waals surface area contributed by atoms with Crippen molar-refractivity contribution in [2.75, 3.05) is 0 Å². The Morgan fingerprint density at radius 2 is 2.00 bits per heavy atom. The predicted molar refractivity (Wildman–Crippen MR) is 85.1 cm³/mol. The van der Waals surface area contributed by atoms with Crippen molar-refractivity contribution in [2.45, 2.75) is 19.9 Å². The fourth-order valence-electron chi connectivity index (χ4n) is 2.47. The number of nitriles is 1. The van der Waals surface area contributed by atoms with Crippen LogP contribution in [0, 0.1) is 11.3 Å². The van der Waals surface area contributed by atoms with Gasteiger partial charge in [-0.2, -0.15) is 10.4 Å². The van der Waals surface area contributed by atoms with Crippen LogP contribution in [0.15, 0.2) is 55.1 Å². The molecule has 0 N–H and O–H groups in total. The van der Waals surface area contributed by atoms with E-state index in [2.05, 4.69) is 53.4 Å². The normalized spacial score (nSPS) is 10.4. The van der Waals surface area contributed by atoms with Crippen molar-refractivity contribution in [1.29, 1.82) is 5.26 Å². The smallest absolute Gasteiger partial charge is 0.137 e. The lowest BCUT2D eigenvalue weighted by molar-refractivity contribution is 0.684. The molecule has 1 heterocycles. The monoisotopic (exact) mass is 288 g/mol. The molecule has 3 aromatic rings. The van der Waals surface area contributed by atoms with E-state index in [1.54, 1.807) is 11.0 Å². The van der Waals surface area contributed by atoms with E-state index in [4.69, 9.17) is 0 Å². The number of nitrogens with zero attached hydrogens (tertiary/aromatic N) is 4. The van der Waals surface area contributed by atoms with Crippen molar-refractivity contribution < 1.29 is 0 Å². The first-order chi connectivity index (χ1) is 10.8. The topological polar surface area (TPSA) is 54.5 Å². The molecule has 0 unspecified atom stereocenters. The zero-order chi connectivity index (χ0) is 15.4. The van der Waals surface area contributed by atoms with Crippen LogP contribution in [0.5, 0.6) is 0 Å². The van der Waals surface area contributed by atoms with Gasteiger partial charge in [0.05, 0.1) is 18.2 Å². The largest absolute Gasteiger partial charge is 0.249 e. The first-order valence-corrected chi connectivity index (χ1v) is 7.25. The van der Waals surface area contributed by atoms with Crippen molar-refractivity contribution >= 4 is 0 Å². The van der Waals surface area contributed by atoms with Crippen molar-refractivity contribution in [3.63, 3.8) is 0 Å². The summed E-state index contributed by atoms with van der Waals surface area (Å²) in [6, 6.07) is 16.7. The highest BCUT2D eigenvalue weighted by molar-refractivity contribution is 5.66. The van der Waals surface area contributed by atoms with Gasteiger partial charge >= 0.3 is 0 Å². The maximum atomic E-state index is 9.30. The highest BCUT2D eigenvalue weighted by atomic mass is 15.3. The quantitative estimate of drug-likeness (QED) is 0.739. The molecule has 0 fully saturated rings. The third-order valence-corrected chi connectivity index (χ3v) is 3.69. The third kappa shape index (κ3) is 2.89. The molecule has 0 spiro atoms. The molecule has 0 aliphatic heterocycles. The molecule has 0 saturated heterocycles. The standard InChI is InChI=1S/C18H16N4/c1-2-14-4-3-5-15(8-14)16-6-7-17(10-19)18(9-16)11-22-13-20-12-21-22/h3-9,12-13H,2,11H2,1H3. The van der Waals surface area contributed by atoms with E-state index in [0.717, 1.165) is 17.5 Å². The molecule has 4 heteroatoms. The van der Waals surface area contributed by atoms with Crippen LogP contribution in [-0.2, 0) is 13.0 Å². The van der Waals surface area contributed by atoms with E-state index in [1.165, 1.54) is 17.5 Å². The van der Waals surface area contributed by atoms with Gasteiger partial charge < -0.3 is 0 Å². The number of aryl methyl sites for hydroxylation is 1. The molecule has 3 rings (SSSR count). The molecule has 0 radical (unpaired) electrons. The maximum absolute atomic E-state index is 9.30. The average molecular weight is 288 g/mol. The van der Waals surface area contributed by atoms with Gasteiger partial charge in [-0.05, 0) is 40.8 Å². The Labute approximate surface area is 129 Å². The summed E-state index contributed by atoms with van der Waals surface area (Å²) in [7, 11) is 0. The van der Waals surface area contributed by atoms with Gasteiger partial charge in [-0.1, -0.05) is 37.3 Å². The molecule has 4 nitrogen and oxygen atoms in total. The molecule has 0 atom stereocenters. The van der Waals surface area contributed by atoms with Crippen molar-refractivity contribution in [3.05, 3.63) is 71.8 Å². The van der Waals surface area contributed by atoms with Gasteiger partial charge in [0, 0.05) is 0 Å². The Morgan fingerprint density at radius 3 is 2.73 bits per heavy atom. The molecule has 0 bridgehead atoms. The van der Waals surface area contributed by atoms with Gasteiger partial charge in [-0.25, -0.2) is 9.67 Å². The Bertz CT molecular complexity index is 813. The summed E-state index contributed by atoms with van der Waals surface area (Å²) in [5, 5.41) is 13.4. The molecule has 108 valence electrons. The van der Waals surface area contributed by atoms with E-state index in [1.807, 2.05) is 12.1 Å². The Balaban J connectivity index is 2.01. The second-order valence-corrected chi connectivity index (χ2v) is 5.13. The molecule has 22 heavy (non-hydrogen) atoms. The lowest BCUT2D eigenvalue weighted by Gasteiger charge is -2.09. The number of hydrogen-bond donors (Lipinski definition) is 0. The summed E-state index contributed by atoms with van der Waals surface area (Å²) < 4.78 is 1.72. The van der Waals surface area contributed by atoms with Gasteiger partial charge in [0.1, 0.15) is 12.7 Å². The van der Waals surface area contributed by atoms with Crippen LogP contribution in [0.1, 0.15) is 23.6 Å². The van der Waals surface area contributed by atoms with Gasteiger partial charge in [0.25, 0.3) is 0 Å². The summed E-state index contributed by atoms with van der Waals surface area (Å²) in [5.74, 6) is 0. The number of hydrogen-bond acceptors (Lipinski definition) is 3. The fraction of sp³-hybridized carbons (Fsp3) is 0.167. The second-order valence-electron chi connectivity index (χ2n) is 5.13. The van der Waals surface area contributed by atoms with Crippen LogP contribution in [0.4, 0.5) is 0 Å². The molecular formula is C18H16N4. The van der Waals surface area contributed by atoms with Gasteiger partial charge in [-0.3, -0.25) is 0 Å². The Hall–Kier alpha value is -2.93. The second kappa shape index (κ2) is 6.23. The zero-order valence-corrected chi connectivity index (χ0v) is 12.4. The first kappa shape index (κ1) is 14.0.